The molecule has 0 aromatic heterocycles. The van der Waals surface area contributed by atoms with Crippen LogP contribution in [0.1, 0.15) is 13.8 Å². The molecule has 0 radical (unpaired) electrons. The number of hydrogen-bond donors (Lipinski definition) is 2. The van der Waals surface area contributed by atoms with Gasteiger partial charge in [-0.2, -0.15) is 0 Å². The highest BCUT2D eigenvalue weighted by Crippen LogP contribution is 2.22. The number of thioether (sulfide) groups is 1. The minimum atomic E-state index is -0.189. The Morgan fingerprint density at radius 1 is 1.38 bits per heavy atom. The predicted molar refractivity (Wildman–Crippen MR) is 66.5 cm³/mol. The molecule has 2 N–H and O–H groups in total. The Labute approximate surface area is 100 Å². The molecule has 0 saturated heterocycles. The van der Waals surface area contributed by atoms with E-state index in [0.717, 1.165) is 4.90 Å². The maximum Gasteiger partial charge on any atom is 0.233 e. The van der Waals surface area contributed by atoms with Gasteiger partial charge in [0, 0.05) is 10.9 Å². The molecule has 0 spiro atoms. The molecule has 0 aliphatic heterocycles. The quantitative estimate of drug-likeness (QED) is 0.768. The van der Waals surface area contributed by atoms with Crippen molar-refractivity contribution in [2.75, 3.05) is 6.61 Å². The van der Waals surface area contributed by atoms with Crippen LogP contribution >= 0.6 is 11.8 Å². The summed E-state index contributed by atoms with van der Waals surface area (Å²) in [5, 5.41) is 11.4. The fourth-order valence-corrected chi connectivity index (χ4v) is 2.06. The second-order valence-corrected chi connectivity index (χ2v) is 5.08. The van der Waals surface area contributed by atoms with E-state index in [1.54, 1.807) is 6.92 Å². The van der Waals surface area contributed by atoms with Crippen molar-refractivity contribution in [3.63, 3.8) is 0 Å². The summed E-state index contributed by atoms with van der Waals surface area (Å²) < 4.78 is 0. The average Bonchev–Trinajstić information content (AvgIpc) is 2.30. The van der Waals surface area contributed by atoms with Crippen LogP contribution in [0.3, 0.4) is 0 Å². The zero-order valence-corrected chi connectivity index (χ0v) is 10.3. The van der Waals surface area contributed by atoms with Gasteiger partial charge in [0.2, 0.25) is 5.91 Å². The first-order valence-corrected chi connectivity index (χ1v) is 6.14. The first-order chi connectivity index (χ1) is 7.63. The maximum atomic E-state index is 11.7. The molecular formula is C12H17NO2S. The third kappa shape index (κ3) is 4.24. The summed E-state index contributed by atoms with van der Waals surface area (Å²) in [5.41, 5.74) is 0. The van der Waals surface area contributed by atoms with E-state index < -0.39 is 0 Å². The standard InChI is InChI=1S/C12H17NO2S/c1-9(8-14)13-12(15)10(2)16-11-6-4-3-5-7-11/h3-7,9-10,14H,8H2,1-2H3,(H,13,15). The van der Waals surface area contributed by atoms with Gasteiger partial charge in [0.05, 0.1) is 11.9 Å². The second kappa shape index (κ2) is 6.55. The van der Waals surface area contributed by atoms with Crippen molar-refractivity contribution < 1.29 is 9.90 Å². The van der Waals surface area contributed by atoms with Crippen LogP contribution in [0.15, 0.2) is 35.2 Å². The van der Waals surface area contributed by atoms with Crippen LogP contribution in [0.4, 0.5) is 0 Å². The molecule has 88 valence electrons. The van der Waals surface area contributed by atoms with Crippen LogP contribution in [0.2, 0.25) is 0 Å². The molecule has 2 atom stereocenters. The summed E-state index contributed by atoms with van der Waals surface area (Å²) in [6.45, 7) is 3.60. The third-order valence-corrected chi connectivity index (χ3v) is 3.20. The highest BCUT2D eigenvalue weighted by Gasteiger charge is 2.15. The summed E-state index contributed by atoms with van der Waals surface area (Å²) in [6, 6.07) is 9.61. The van der Waals surface area contributed by atoms with Gasteiger partial charge in [-0.1, -0.05) is 18.2 Å². The number of carbonyl (C=O) groups excluding carboxylic acids is 1. The van der Waals surface area contributed by atoms with Crippen LogP contribution < -0.4 is 5.32 Å². The van der Waals surface area contributed by atoms with Gasteiger partial charge in [0.15, 0.2) is 0 Å². The van der Waals surface area contributed by atoms with Crippen molar-refractivity contribution in [3.8, 4) is 0 Å². The Kier molecular flexibility index (Phi) is 5.35. The van der Waals surface area contributed by atoms with Crippen LogP contribution in [-0.2, 0) is 4.79 Å². The zero-order valence-electron chi connectivity index (χ0n) is 9.51. The molecule has 0 heterocycles. The molecule has 1 amide bonds. The maximum absolute atomic E-state index is 11.7. The van der Waals surface area contributed by atoms with Gasteiger partial charge in [-0.3, -0.25) is 4.79 Å². The van der Waals surface area contributed by atoms with E-state index >= 15 is 0 Å². The van der Waals surface area contributed by atoms with Crippen molar-refractivity contribution in [1.82, 2.24) is 5.32 Å². The molecular weight excluding hydrogens is 222 g/mol. The van der Waals surface area contributed by atoms with Gasteiger partial charge in [-0.15, -0.1) is 11.8 Å². The SMILES string of the molecule is CC(CO)NC(=O)C(C)Sc1ccccc1. The van der Waals surface area contributed by atoms with E-state index in [4.69, 9.17) is 5.11 Å². The number of benzene rings is 1. The Morgan fingerprint density at radius 3 is 2.56 bits per heavy atom. The molecule has 0 saturated carbocycles. The van der Waals surface area contributed by atoms with E-state index in [9.17, 15) is 4.79 Å². The van der Waals surface area contributed by atoms with Gasteiger partial charge in [-0.25, -0.2) is 0 Å². The van der Waals surface area contributed by atoms with E-state index in [0.29, 0.717) is 0 Å². The van der Waals surface area contributed by atoms with E-state index in [1.165, 1.54) is 11.8 Å². The molecule has 4 heteroatoms. The minimum absolute atomic E-state index is 0.0333. The third-order valence-electron chi connectivity index (χ3n) is 2.09. The molecule has 3 nitrogen and oxygen atoms in total. The molecule has 0 fully saturated rings. The monoisotopic (exact) mass is 239 g/mol. The van der Waals surface area contributed by atoms with E-state index in [2.05, 4.69) is 5.32 Å². The van der Waals surface area contributed by atoms with Crippen LogP contribution in [0.5, 0.6) is 0 Å². The lowest BCUT2D eigenvalue weighted by Gasteiger charge is -2.15. The fourth-order valence-electron chi connectivity index (χ4n) is 1.16. The van der Waals surface area contributed by atoms with Crippen molar-refractivity contribution in [2.24, 2.45) is 0 Å². The smallest absolute Gasteiger partial charge is 0.233 e. The first-order valence-electron chi connectivity index (χ1n) is 5.26. The number of aliphatic hydroxyl groups excluding tert-OH is 1. The lowest BCUT2D eigenvalue weighted by Crippen LogP contribution is -2.39. The molecule has 2 unspecified atom stereocenters. The van der Waals surface area contributed by atoms with E-state index in [1.807, 2.05) is 37.3 Å². The average molecular weight is 239 g/mol. The highest BCUT2D eigenvalue weighted by atomic mass is 32.2. The van der Waals surface area contributed by atoms with Crippen molar-refractivity contribution in [3.05, 3.63) is 30.3 Å². The van der Waals surface area contributed by atoms with Gasteiger partial charge in [0.1, 0.15) is 0 Å². The van der Waals surface area contributed by atoms with Gasteiger partial charge in [-0.05, 0) is 26.0 Å². The molecule has 0 aliphatic rings. The van der Waals surface area contributed by atoms with Crippen molar-refractivity contribution in [1.29, 1.82) is 0 Å². The summed E-state index contributed by atoms with van der Waals surface area (Å²) in [7, 11) is 0. The molecule has 0 bridgehead atoms. The van der Waals surface area contributed by atoms with Crippen molar-refractivity contribution >= 4 is 17.7 Å². The summed E-state index contributed by atoms with van der Waals surface area (Å²) in [4.78, 5) is 12.7. The Morgan fingerprint density at radius 2 is 2.00 bits per heavy atom. The van der Waals surface area contributed by atoms with Crippen LogP contribution in [0, 0.1) is 0 Å². The number of carbonyl (C=O) groups is 1. The summed E-state index contributed by atoms with van der Waals surface area (Å²) in [5.74, 6) is -0.0459. The fraction of sp³-hybridized carbons (Fsp3) is 0.417. The number of aliphatic hydroxyl groups is 1. The Bertz CT molecular complexity index is 329. The van der Waals surface area contributed by atoms with Crippen molar-refractivity contribution in [2.45, 2.75) is 30.0 Å². The lowest BCUT2D eigenvalue weighted by atomic mass is 10.3. The number of hydrogen-bond acceptors (Lipinski definition) is 3. The molecule has 1 aromatic rings. The topological polar surface area (TPSA) is 49.3 Å². The van der Waals surface area contributed by atoms with Crippen LogP contribution in [0.25, 0.3) is 0 Å². The summed E-state index contributed by atoms with van der Waals surface area (Å²) in [6.07, 6.45) is 0. The zero-order chi connectivity index (χ0) is 12.0. The number of amides is 1. The van der Waals surface area contributed by atoms with Gasteiger partial charge >= 0.3 is 0 Å². The largest absolute Gasteiger partial charge is 0.394 e. The minimum Gasteiger partial charge on any atom is -0.394 e. The number of nitrogens with one attached hydrogen (secondary N) is 1. The highest BCUT2D eigenvalue weighted by molar-refractivity contribution is 8.00. The molecule has 1 aromatic carbocycles. The second-order valence-electron chi connectivity index (χ2n) is 3.67. The molecule has 16 heavy (non-hydrogen) atoms. The Balaban J connectivity index is 2.46. The number of rotatable bonds is 5. The summed E-state index contributed by atoms with van der Waals surface area (Å²) >= 11 is 1.51. The van der Waals surface area contributed by atoms with Gasteiger partial charge in [0.25, 0.3) is 0 Å². The Hall–Kier alpha value is -1.00. The van der Waals surface area contributed by atoms with Crippen LogP contribution in [-0.4, -0.2) is 28.9 Å². The normalized spacial score (nSPS) is 14.2. The lowest BCUT2D eigenvalue weighted by molar-refractivity contribution is -0.121. The van der Waals surface area contributed by atoms with E-state index in [-0.39, 0.29) is 23.8 Å². The first kappa shape index (κ1) is 13.1. The predicted octanol–water partition coefficient (Wildman–Crippen LogP) is 1.66. The van der Waals surface area contributed by atoms with Gasteiger partial charge < -0.3 is 10.4 Å². The molecule has 0 aliphatic carbocycles. The molecule has 1 rings (SSSR count).